The SMILES string of the molecule is CCC(C)CNS(=O)(=O)c1ccc(C(N)=O)cc1N. The average Bonchev–Trinajstić information content (AvgIpc) is 2.35. The van der Waals surface area contributed by atoms with Gasteiger partial charge in [-0.3, -0.25) is 4.79 Å². The Balaban J connectivity index is 2.99. The number of nitrogens with two attached hydrogens (primary N) is 2. The molecule has 0 saturated heterocycles. The van der Waals surface area contributed by atoms with Crippen LogP contribution in [0.5, 0.6) is 0 Å². The van der Waals surface area contributed by atoms with E-state index in [4.69, 9.17) is 11.5 Å². The van der Waals surface area contributed by atoms with Gasteiger partial charge >= 0.3 is 0 Å². The average molecular weight is 285 g/mol. The fourth-order valence-electron chi connectivity index (χ4n) is 1.42. The summed E-state index contributed by atoms with van der Waals surface area (Å²) in [7, 11) is -3.67. The molecule has 1 rings (SSSR count). The molecule has 1 aromatic carbocycles. The Kier molecular flexibility index (Phi) is 4.90. The van der Waals surface area contributed by atoms with E-state index in [1.807, 2.05) is 13.8 Å². The van der Waals surface area contributed by atoms with Gasteiger partial charge in [-0.05, 0) is 24.1 Å². The van der Waals surface area contributed by atoms with Gasteiger partial charge < -0.3 is 11.5 Å². The third-order valence-corrected chi connectivity index (χ3v) is 4.40. The van der Waals surface area contributed by atoms with Gasteiger partial charge in [0.25, 0.3) is 0 Å². The van der Waals surface area contributed by atoms with Crippen molar-refractivity contribution in [1.82, 2.24) is 4.72 Å². The Morgan fingerprint density at radius 1 is 1.42 bits per heavy atom. The van der Waals surface area contributed by atoms with E-state index in [9.17, 15) is 13.2 Å². The van der Waals surface area contributed by atoms with Crippen LogP contribution in [-0.2, 0) is 10.0 Å². The third kappa shape index (κ3) is 3.93. The molecule has 106 valence electrons. The van der Waals surface area contributed by atoms with Crippen molar-refractivity contribution in [3.05, 3.63) is 23.8 Å². The van der Waals surface area contributed by atoms with Gasteiger partial charge in [0.15, 0.2) is 0 Å². The van der Waals surface area contributed by atoms with Crippen LogP contribution in [0.4, 0.5) is 5.69 Å². The molecule has 0 aliphatic rings. The molecule has 0 aliphatic heterocycles. The zero-order chi connectivity index (χ0) is 14.6. The molecule has 19 heavy (non-hydrogen) atoms. The van der Waals surface area contributed by atoms with E-state index in [1.165, 1.54) is 18.2 Å². The van der Waals surface area contributed by atoms with Crippen molar-refractivity contribution in [2.75, 3.05) is 12.3 Å². The molecule has 6 nitrogen and oxygen atoms in total. The maximum atomic E-state index is 12.0. The van der Waals surface area contributed by atoms with Gasteiger partial charge in [-0.25, -0.2) is 13.1 Å². The molecule has 1 amide bonds. The Hall–Kier alpha value is -1.60. The lowest BCUT2D eigenvalue weighted by molar-refractivity contribution is 0.1000. The quantitative estimate of drug-likeness (QED) is 0.667. The van der Waals surface area contributed by atoms with Crippen molar-refractivity contribution in [3.8, 4) is 0 Å². The van der Waals surface area contributed by atoms with E-state index in [-0.39, 0.29) is 22.1 Å². The highest BCUT2D eigenvalue weighted by atomic mass is 32.2. The zero-order valence-corrected chi connectivity index (χ0v) is 11.8. The van der Waals surface area contributed by atoms with Crippen LogP contribution in [0.1, 0.15) is 30.6 Å². The number of anilines is 1. The first kappa shape index (κ1) is 15.5. The standard InChI is InChI=1S/C12H19N3O3S/c1-3-8(2)7-15-19(17,18)11-5-4-9(12(14)16)6-10(11)13/h4-6,8,15H,3,7,13H2,1-2H3,(H2,14,16). The largest absolute Gasteiger partial charge is 0.398 e. The summed E-state index contributed by atoms with van der Waals surface area (Å²) in [5.74, 6) is -0.413. The summed E-state index contributed by atoms with van der Waals surface area (Å²) in [6.45, 7) is 4.27. The Labute approximate surface area is 113 Å². The van der Waals surface area contributed by atoms with Crippen molar-refractivity contribution in [2.24, 2.45) is 11.7 Å². The fraction of sp³-hybridized carbons (Fsp3) is 0.417. The molecule has 1 aromatic rings. The van der Waals surface area contributed by atoms with E-state index in [2.05, 4.69) is 4.72 Å². The minimum Gasteiger partial charge on any atom is -0.398 e. The Morgan fingerprint density at radius 3 is 2.53 bits per heavy atom. The van der Waals surface area contributed by atoms with Gasteiger partial charge in [-0.1, -0.05) is 20.3 Å². The van der Waals surface area contributed by atoms with Crippen LogP contribution in [0.2, 0.25) is 0 Å². The van der Waals surface area contributed by atoms with E-state index in [0.717, 1.165) is 6.42 Å². The monoisotopic (exact) mass is 285 g/mol. The maximum absolute atomic E-state index is 12.0. The molecule has 7 heteroatoms. The number of hydrogen-bond donors (Lipinski definition) is 3. The normalized spacial score (nSPS) is 13.2. The number of carbonyl (C=O) groups is 1. The van der Waals surface area contributed by atoms with E-state index >= 15 is 0 Å². The summed E-state index contributed by atoms with van der Waals surface area (Å²) in [6, 6.07) is 3.89. The number of primary amides is 1. The Morgan fingerprint density at radius 2 is 2.05 bits per heavy atom. The minimum absolute atomic E-state index is 0.00736. The third-order valence-electron chi connectivity index (χ3n) is 2.90. The lowest BCUT2D eigenvalue weighted by atomic mass is 10.1. The molecule has 0 aliphatic carbocycles. The van der Waals surface area contributed by atoms with Crippen LogP contribution >= 0.6 is 0 Å². The van der Waals surface area contributed by atoms with Gasteiger partial charge in [-0.2, -0.15) is 0 Å². The first-order valence-corrected chi connectivity index (χ1v) is 7.45. The van der Waals surface area contributed by atoms with Crippen LogP contribution in [0.15, 0.2) is 23.1 Å². The van der Waals surface area contributed by atoms with Crippen LogP contribution < -0.4 is 16.2 Å². The summed E-state index contributed by atoms with van der Waals surface area (Å²) in [6.07, 6.45) is 0.874. The molecule has 0 radical (unpaired) electrons. The van der Waals surface area contributed by atoms with Gasteiger partial charge in [0.2, 0.25) is 15.9 Å². The summed E-state index contributed by atoms with van der Waals surface area (Å²) in [4.78, 5) is 10.9. The first-order chi connectivity index (χ1) is 8.77. The van der Waals surface area contributed by atoms with Crippen LogP contribution in [-0.4, -0.2) is 20.9 Å². The summed E-state index contributed by atoms with van der Waals surface area (Å²) >= 11 is 0. The lowest BCUT2D eigenvalue weighted by Crippen LogP contribution is -2.29. The molecule has 0 fully saturated rings. The van der Waals surface area contributed by atoms with Crippen molar-refractivity contribution < 1.29 is 13.2 Å². The maximum Gasteiger partial charge on any atom is 0.248 e. The highest BCUT2D eigenvalue weighted by Gasteiger charge is 2.18. The Bertz CT molecular complexity index is 570. The fourth-order valence-corrected chi connectivity index (χ4v) is 2.70. The number of nitrogens with one attached hydrogen (secondary N) is 1. The van der Waals surface area contributed by atoms with E-state index < -0.39 is 15.9 Å². The molecule has 1 unspecified atom stereocenters. The second-order valence-electron chi connectivity index (χ2n) is 4.48. The number of carbonyl (C=O) groups excluding carboxylic acids is 1. The van der Waals surface area contributed by atoms with Crippen LogP contribution in [0, 0.1) is 5.92 Å². The van der Waals surface area contributed by atoms with Gasteiger partial charge in [-0.15, -0.1) is 0 Å². The zero-order valence-electron chi connectivity index (χ0n) is 11.0. The first-order valence-electron chi connectivity index (χ1n) is 5.97. The van der Waals surface area contributed by atoms with Crippen molar-refractivity contribution in [2.45, 2.75) is 25.2 Å². The van der Waals surface area contributed by atoms with E-state index in [1.54, 1.807) is 0 Å². The van der Waals surface area contributed by atoms with Crippen LogP contribution in [0.3, 0.4) is 0 Å². The van der Waals surface area contributed by atoms with Gasteiger partial charge in [0, 0.05) is 12.1 Å². The molecular weight excluding hydrogens is 266 g/mol. The van der Waals surface area contributed by atoms with Gasteiger partial charge in [0.1, 0.15) is 4.90 Å². The predicted molar refractivity (Wildman–Crippen MR) is 74.0 cm³/mol. The van der Waals surface area contributed by atoms with Crippen molar-refractivity contribution in [3.63, 3.8) is 0 Å². The molecule has 0 bridgehead atoms. The topological polar surface area (TPSA) is 115 Å². The van der Waals surface area contributed by atoms with Gasteiger partial charge in [0.05, 0.1) is 5.69 Å². The smallest absolute Gasteiger partial charge is 0.248 e. The second-order valence-corrected chi connectivity index (χ2v) is 6.22. The minimum atomic E-state index is -3.67. The van der Waals surface area contributed by atoms with Crippen molar-refractivity contribution >= 4 is 21.6 Å². The molecule has 0 aromatic heterocycles. The molecule has 5 N–H and O–H groups in total. The predicted octanol–water partition coefficient (Wildman–Crippen LogP) is 0.692. The number of benzene rings is 1. The van der Waals surface area contributed by atoms with Crippen molar-refractivity contribution in [1.29, 1.82) is 0 Å². The second kappa shape index (κ2) is 6.03. The van der Waals surface area contributed by atoms with Crippen LogP contribution in [0.25, 0.3) is 0 Å². The molecule has 0 spiro atoms. The summed E-state index contributed by atoms with van der Waals surface area (Å²) in [5.41, 5.74) is 10.9. The molecular formula is C12H19N3O3S. The number of hydrogen-bond acceptors (Lipinski definition) is 4. The highest BCUT2D eigenvalue weighted by molar-refractivity contribution is 7.89. The molecule has 0 heterocycles. The highest BCUT2D eigenvalue weighted by Crippen LogP contribution is 2.19. The number of amides is 1. The number of rotatable bonds is 6. The number of sulfonamides is 1. The summed E-state index contributed by atoms with van der Waals surface area (Å²) < 4.78 is 26.6. The van der Waals surface area contributed by atoms with E-state index in [0.29, 0.717) is 6.54 Å². The summed E-state index contributed by atoms with van der Waals surface area (Å²) in [5, 5.41) is 0. The lowest BCUT2D eigenvalue weighted by Gasteiger charge is -2.12. The molecule has 1 atom stereocenters. The number of nitrogen functional groups attached to an aromatic ring is 1. The molecule has 0 saturated carbocycles.